The molecule has 0 spiro atoms. The Kier molecular flexibility index (Phi) is 6.15. The van der Waals surface area contributed by atoms with Gasteiger partial charge in [-0.1, -0.05) is 11.6 Å². The minimum absolute atomic E-state index is 0. The molecular weight excluding hydrogens is 324 g/mol. The van der Waals surface area contributed by atoms with Gasteiger partial charge in [0, 0.05) is 55.2 Å². The molecule has 1 aliphatic heterocycles. The van der Waals surface area contributed by atoms with Gasteiger partial charge in [-0.25, -0.2) is 4.39 Å². The molecule has 2 heterocycles. The Balaban J connectivity index is 0.00000176. The van der Waals surface area contributed by atoms with E-state index in [1.165, 1.54) is 11.6 Å². The summed E-state index contributed by atoms with van der Waals surface area (Å²) in [6, 6.07) is 8.97. The van der Waals surface area contributed by atoms with Crippen LogP contribution in [0.5, 0.6) is 0 Å². The van der Waals surface area contributed by atoms with Crippen LogP contribution in [-0.2, 0) is 6.54 Å². The molecule has 6 heteroatoms. The van der Waals surface area contributed by atoms with Gasteiger partial charge in [0.05, 0.1) is 0 Å². The van der Waals surface area contributed by atoms with E-state index in [2.05, 4.69) is 15.2 Å². The Morgan fingerprint density at radius 3 is 2.82 bits per heavy atom. The number of nitrogens with zero attached hydrogens (tertiary/aromatic N) is 2. The van der Waals surface area contributed by atoms with E-state index in [-0.39, 0.29) is 24.3 Å². The maximum absolute atomic E-state index is 13.9. The highest BCUT2D eigenvalue weighted by Crippen LogP contribution is 2.25. The minimum atomic E-state index is -0.202. The third-order valence-corrected chi connectivity index (χ3v) is 4.06. The summed E-state index contributed by atoms with van der Waals surface area (Å²) in [6.07, 6.45) is 3.59. The highest BCUT2D eigenvalue weighted by atomic mass is 35.5. The fraction of sp³-hybridized carbons (Fsp3) is 0.312. The van der Waals surface area contributed by atoms with Gasteiger partial charge in [-0.15, -0.1) is 12.4 Å². The van der Waals surface area contributed by atoms with E-state index in [1.807, 2.05) is 12.1 Å². The van der Waals surface area contributed by atoms with Crippen LogP contribution in [0.4, 0.5) is 4.39 Å². The van der Waals surface area contributed by atoms with Gasteiger partial charge in [0.15, 0.2) is 0 Å². The van der Waals surface area contributed by atoms with E-state index in [0.29, 0.717) is 17.1 Å². The zero-order chi connectivity index (χ0) is 14.7. The molecule has 1 atom stereocenters. The van der Waals surface area contributed by atoms with Crippen molar-refractivity contribution in [1.82, 2.24) is 15.2 Å². The van der Waals surface area contributed by atoms with Crippen molar-refractivity contribution in [3.8, 4) is 0 Å². The minimum Gasteiger partial charge on any atom is -0.314 e. The van der Waals surface area contributed by atoms with Crippen LogP contribution in [0.25, 0.3) is 0 Å². The molecule has 2 aromatic rings. The number of hydrogen-bond donors (Lipinski definition) is 1. The number of nitrogens with one attached hydrogen (secondary N) is 1. The van der Waals surface area contributed by atoms with Crippen molar-refractivity contribution in [3.05, 3.63) is 64.7 Å². The summed E-state index contributed by atoms with van der Waals surface area (Å²) < 4.78 is 13.9. The summed E-state index contributed by atoms with van der Waals surface area (Å²) in [4.78, 5) is 6.34. The number of aromatic nitrogens is 1. The Labute approximate surface area is 140 Å². The first-order chi connectivity index (χ1) is 10.2. The Morgan fingerprint density at radius 2 is 2.05 bits per heavy atom. The van der Waals surface area contributed by atoms with Crippen LogP contribution >= 0.6 is 24.0 Å². The molecule has 0 saturated carbocycles. The average molecular weight is 342 g/mol. The van der Waals surface area contributed by atoms with Crippen molar-refractivity contribution >= 4 is 24.0 Å². The van der Waals surface area contributed by atoms with E-state index in [4.69, 9.17) is 11.6 Å². The molecule has 1 aromatic carbocycles. The van der Waals surface area contributed by atoms with E-state index in [0.717, 1.165) is 19.6 Å². The molecule has 1 aliphatic rings. The van der Waals surface area contributed by atoms with Crippen LogP contribution in [-0.4, -0.2) is 29.5 Å². The quantitative estimate of drug-likeness (QED) is 0.926. The van der Waals surface area contributed by atoms with Crippen molar-refractivity contribution in [2.24, 2.45) is 0 Å². The normalized spacial score (nSPS) is 18.7. The van der Waals surface area contributed by atoms with Gasteiger partial charge in [-0.05, 0) is 35.9 Å². The second-order valence-electron chi connectivity index (χ2n) is 5.21. The zero-order valence-electron chi connectivity index (χ0n) is 12.0. The molecule has 1 aromatic heterocycles. The number of rotatable bonds is 3. The fourth-order valence-electron chi connectivity index (χ4n) is 2.73. The zero-order valence-corrected chi connectivity index (χ0v) is 13.6. The molecular formula is C16H18Cl2FN3. The molecule has 1 saturated heterocycles. The van der Waals surface area contributed by atoms with Gasteiger partial charge in [0.2, 0.25) is 0 Å². The maximum atomic E-state index is 13.9. The molecule has 0 amide bonds. The van der Waals surface area contributed by atoms with Crippen molar-refractivity contribution < 1.29 is 4.39 Å². The van der Waals surface area contributed by atoms with E-state index >= 15 is 0 Å². The first-order valence-corrected chi connectivity index (χ1v) is 7.40. The lowest BCUT2D eigenvalue weighted by Crippen LogP contribution is -2.45. The highest BCUT2D eigenvalue weighted by Gasteiger charge is 2.24. The van der Waals surface area contributed by atoms with Crippen LogP contribution < -0.4 is 5.32 Å². The van der Waals surface area contributed by atoms with Gasteiger partial charge >= 0.3 is 0 Å². The van der Waals surface area contributed by atoms with Gasteiger partial charge in [-0.3, -0.25) is 9.88 Å². The van der Waals surface area contributed by atoms with Crippen LogP contribution in [0.2, 0.25) is 5.02 Å². The van der Waals surface area contributed by atoms with Gasteiger partial charge in [0.25, 0.3) is 0 Å². The van der Waals surface area contributed by atoms with Crippen molar-refractivity contribution in [2.75, 3.05) is 19.6 Å². The summed E-state index contributed by atoms with van der Waals surface area (Å²) in [7, 11) is 0. The lowest BCUT2D eigenvalue weighted by Gasteiger charge is -2.36. The second kappa shape index (κ2) is 7.88. The van der Waals surface area contributed by atoms with Crippen molar-refractivity contribution in [3.63, 3.8) is 0 Å². The largest absolute Gasteiger partial charge is 0.314 e. The molecule has 0 aliphatic carbocycles. The molecule has 1 fully saturated rings. The standard InChI is InChI=1S/C16H17ClFN3.ClH/c17-14-1-2-15(18)13(9-14)11-21-8-7-20-10-16(21)12-3-5-19-6-4-12;/h1-6,9,16,20H,7-8,10-11H2;1H. The first kappa shape index (κ1) is 17.2. The number of halogens is 3. The second-order valence-corrected chi connectivity index (χ2v) is 5.64. The van der Waals surface area contributed by atoms with Gasteiger partial charge in [0.1, 0.15) is 5.82 Å². The smallest absolute Gasteiger partial charge is 0.127 e. The lowest BCUT2D eigenvalue weighted by atomic mass is 10.0. The predicted molar refractivity (Wildman–Crippen MR) is 88.9 cm³/mol. The SMILES string of the molecule is Cl.Fc1ccc(Cl)cc1CN1CCNCC1c1ccncc1. The summed E-state index contributed by atoms with van der Waals surface area (Å²) in [5.41, 5.74) is 1.84. The summed E-state index contributed by atoms with van der Waals surface area (Å²) >= 11 is 5.98. The Morgan fingerprint density at radius 1 is 1.27 bits per heavy atom. The third-order valence-electron chi connectivity index (χ3n) is 3.83. The molecule has 3 rings (SSSR count). The first-order valence-electron chi connectivity index (χ1n) is 7.02. The van der Waals surface area contributed by atoms with Gasteiger partial charge < -0.3 is 5.32 Å². The summed E-state index contributed by atoms with van der Waals surface area (Å²) in [5.74, 6) is -0.202. The third kappa shape index (κ3) is 3.96. The Bertz CT molecular complexity index is 610. The molecule has 3 nitrogen and oxygen atoms in total. The molecule has 0 bridgehead atoms. The molecule has 118 valence electrons. The monoisotopic (exact) mass is 341 g/mol. The number of pyridine rings is 1. The number of benzene rings is 1. The highest BCUT2D eigenvalue weighted by molar-refractivity contribution is 6.30. The topological polar surface area (TPSA) is 28.2 Å². The van der Waals surface area contributed by atoms with Crippen LogP contribution in [0.1, 0.15) is 17.2 Å². The molecule has 1 N–H and O–H groups in total. The predicted octanol–water partition coefficient (Wildman–Crippen LogP) is 3.44. The van der Waals surface area contributed by atoms with Crippen molar-refractivity contribution in [2.45, 2.75) is 12.6 Å². The van der Waals surface area contributed by atoms with E-state index in [9.17, 15) is 4.39 Å². The number of hydrogen-bond acceptors (Lipinski definition) is 3. The summed E-state index contributed by atoms with van der Waals surface area (Å²) in [5, 5.41) is 3.96. The summed E-state index contributed by atoms with van der Waals surface area (Å²) in [6.45, 7) is 3.19. The molecule has 1 unspecified atom stereocenters. The molecule has 0 radical (unpaired) electrons. The van der Waals surface area contributed by atoms with Gasteiger partial charge in [-0.2, -0.15) is 0 Å². The van der Waals surface area contributed by atoms with Crippen LogP contribution in [0.15, 0.2) is 42.7 Å². The number of piperazine rings is 1. The van der Waals surface area contributed by atoms with E-state index < -0.39 is 0 Å². The van der Waals surface area contributed by atoms with Crippen LogP contribution in [0.3, 0.4) is 0 Å². The average Bonchev–Trinajstić information content (AvgIpc) is 2.52. The fourth-order valence-corrected chi connectivity index (χ4v) is 2.93. The van der Waals surface area contributed by atoms with Crippen molar-refractivity contribution in [1.29, 1.82) is 0 Å². The van der Waals surface area contributed by atoms with E-state index in [1.54, 1.807) is 24.5 Å². The maximum Gasteiger partial charge on any atom is 0.127 e. The van der Waals surface area contributed by atoms with Crippen LogP contribution in [0, 0.1) is 5.82 Å². The lowest BCUT2D eigenvalue weighted by molar-refractivity contribution is 0.152. The Hall–Kier alpha value is -1.20. The molecule has 22 heavy (non-hydrogen) atoms.